The number of aromatic amines is 1. The Labute approximate surface area is 125 Å². The first-order valence-corrected chi connectivity index (χ1v) is 7.54. The van der Waals surface area contributed by atoms with E-state index in [1.165, 1.54) is 38.4 Å². The molecule has 0 radical (unpaired) electrons. The summed E-state index contributed by atoms with van der Waals surface area (Å²) < 4.78 is 2.28. The van der Waals surface area contributed by atoms with E-state index in [0.29, 0.717) is 0 Å². The second-order valence-electron chi connectivity index (χ2n) is 5.20. The monoisotopic (exact) mass is 277 g/mol. The van der Waals surface area contributed by atoms with Gasteiger partial charge in [-0.15, -0.1) is 0 Å². The minimum absolute atomic E-state index is 1.19. The van der Waals surface area contributed by atoms with Gasteiger partial charge in [-0.3, -0.25) is 0 Å². The minimum atomic E-state index is 1.19. The molecule has 21 heavy (non-hydrogen) atoms. The van der Waals surface area contributed by atoms with E-state index < -0.39 is 0 Å². The third-order valence-electron chi connectivity index (χ3n) is 3.89. The zero-order valence-electron chi connectivity index (χ0n) is 13.1. The number of pyridine rings is 1. The number of aromatic nitrogens is 2. The summed E-state index contributed by atoms with van der Waals surface area (Å²) in [5.41, 5.74) is 6.22. The molecule has 0 bridgehead atoms. The van der Waals surface area contributed by atoms with Crippen LogP contribution in [0.25, 0.3) is 32.8 Å². The molecule has 0 aliphatic carbocycles. The number of hydrogen-bond donors (Lipinski definition) is 1. The largest absolute Gasteiger partial charge is 0.349 e. The normalized spacial score (nSPS) is 10.9. The van der Waals surface area contributed by atoms with Gasteiger partial charge in [0.1, 0.15) is 12.6 Å². The molecule has 106 valence electrons. The first-order valence-electron chi connectivity index (χ1n) is 7.54. The number of aryl methyl sites for hydroxylation is 2. The lowest BCUT2D eigenvalue weighted by molar-refractivity contribution is -0.616. The summed E-state index contributed by atoms with van der Waals surface area (Å²) in [7, 11) is 2.14. The van der Waals surface area contributed by atoms with Crippen molar-refractivity contribution in [3.8, 4) is 0 Å². The van der Waals surface area contributed by atoms with Crippen molar-refractivity contribution in [1.29, 1.82) is 0 Å². The summed E-state index contributed by atoms with van der Waals surface area (Å²) in [6, 6.07) is 17.3. The molecule has 4 aromatic rings. The Bertz CT molecular complexity index is 932. The summed E-state index contributed by atoms with van der Waals surface area (Å²) in [6.07, 6.45) is 0. The fourth-order valence-electron chi connectivity index (χ4n) is 2.98. The zero-order chi connectivity index (χ0) is 15.0. The van der Waals surface area contributed by atoms with E-state index in [9.17, 15) is 0 Å². The fraction of sp³-hybridized carbons (Fsp3) is 0.211. The quantitative estimate of drug-likeness (QED) is 0.452. The molecule has 0 atom stereocenters. The van der Waals surface area contributed by atoms with Crippen LogP contribution in [0.3, 0.4) is 0 Å². The lowest BCUT2D eigenvalue weighted by atomic mass is 10.1. The van der Waals surface area contributed by atoms with Gasteiger partial charge in [0.15, 0.2) is 0 Å². The molecular formula is C19H21N2+. The molecule has 2 aromatic carbocycles. The second kappa shape index (κ2) is 5.21. The molecule has 0 spiro atoms. The number of rotatable bonds is 0. The van der Waals surface area contributed by atoms with Crippen LogP contribution in [-0.2, 0) is 7.05 Å². The van der Waals surface area contributed by atoms with Crippen molar-refractivity contribution >= 4 is 32.8 Å². The van der Waals surface area contributed by atoms with Crippen molar-refractivity contribution in [2.24, 2.45) is 7.05 Å². The molecule has 2 heteroatoms. The van der Waals surface area contributed by atoms with Gasteiger partial charge in [0.2, 0.25) is 11.0 Å². The Hall–Kier alpha value is -2.35. The Balaban J connectivity index is 0.000000636. The van der Waals surface area contributed by atoms with Crippen molar-refractivity contribution < 1.29 is 4.57 Å². The third-order valence-corrected chi connectivity index (χ3v) is 3.89. The number of benzene rings is 2. The molecule has 1 N–H and O–H groups in total. The zero-order valence-corrected chi connectivity index (χ0v) is 13.1. The molecule has 0 aliphatic rings. The van der Waals surface area contributed by atoms with Crippen LogP contribution in [0.5, 0.6) is 0 Å². The van der Waals surface area contributed by atoms with Crippen molar-refractivity contribution in [2.75, 3.05) is 0 Å². The summed E-state index contributed by atoms with van der Waals surface area (Å²) in [4.78, 5) is 3.51. The second-order valence-corrected chi connectivity index (χ2v) is 5.20. The van der Waals surface area contributed by atoms with Gasteiger partial charge in [-0.25, -0.2) is 0 Å². The van der Waals surface area contributed by atoms with Crippen molar-refractivity contribution in [1.82, 2.24) is 4.98 Å². The maximum atomic E-state index is 3.51. The SMILES string of the molecule is CC.Cc1ccc2c(c1)cc1[nH]c3ccccc3c1[n+]2C. The Morgan fingerprint density at radius 1 is 0.905 bits per heavy atom. The maximum absolute atomic E-state index is 3.51. The molecule has 0 amide bonds. The lowest BCUT2D eigenvalue weighted by Gasteiger charge is -2.00. The topological polar surface area (TPSA) is 19.7 Å². The summed E-state index contributed by atoms with van der Waals surface area (Å²) >= 11 is 0. The maximum Gasteiger partial charge on any atom is 0.238 e. The highest BCUT2D eigenvalue weighted by Gasteiger charge is 2.16. The highest BCUT2D eigenvalue weighted by Crippen LogP contribution is 2.25. The molecule has 4 rings (SSSR count). The standard InChI is InChI=1S/C17H14N2.C2H6/c1-11-7-8-16-12(9-11)10-15-17(19(16)2)13-5-3-4-6-14(13)18-15;1-2/h3-10H,1-2H3;1-2H3/p+1. The van der Waals surface area contributed by atoms with Gasteiger partial charge < -0.3 is 4.98 Å². The van der Waals surface area contributed by atoms with Crippen LogP contribution >= 0.6 is 0 Å². The first-order chi connectivity index (χ1) is 10.2. The fourth-order valence-corrected chi connectivity index (χ4v) is 2.98. The number of H-pyrrole nitrogens is 1. The summed E-state index contributed by atoms with van der Waals surface area (Å²) in [5.74, 6) is 0. The number of para-hydroxylation sites is 1. The van der Waals surface area contributed by atoms with Crippen LogP contribution in [0.15, 0.2) is 48.5 Å². The lowest BCUT2D eigenvalue weighted by Crippen LogP contribution is -2.29. The van der Waals surface area contributed by atoms with Crippen LogP contribution in [0, 0.1) is 6.92 Å². The van der Waals surface area contributed by atoms with Gasteiger partial charge >= 0.3 is 0 Å². The highest BCUT2D eigenvalue weighted by atomic mass is 15.0. The Morgan fingerprint density at radius 2 is 1.67 bits per heavy atom. The van der Waals surface area contributed by atoms with E-state index >= 15 is 0 Å². The van der Waals surface area contributed by atoms with Crippen LogP contribution < -0.4 is 4.57 Å². The minimum Gasteiger partial charge on any atom is -0.349 e. The van der Waals surface area contributed by atoms with Crippen LogP contribution in [0.1, 0.15) is 19.4 Å². The molecule has 2 heterocycles. The Morgan fingerprint density at radius 3 is 2.48 bits per heavy atom. The predicted octanol–water partition coefficient (Wildman–Crippen LogP) is 4.63. The molecule has 0 saturated carbocycles. The molecule has 0 aliphatic heterocycles. The molecule has 0 saturated heterocycles. The van der Waals surface area contributed by atoms with Crippen molar-refractivity contribution in [2.45, 2.75) is 20.8 Å². The number of nitrogens with zero attached hydrogens (tertiary/aromatic N) is 1. The highest BCUT2D eigenvalue weighted by molar-refractivity contribution is 6.05. The Kier molecular flexibility index (Phi) is 3.38. The van der Waals surface area contributed by atoms with E-state index in [4.69, 9.17) is 0 Å². The van der Waals surface area contributed by atoms with Crippen molar-refractivity contribution in [3.05, 3.63) is 54.1 Å². The molecular weight excluding hydrogens is 256 g/mol. The first kappa shape index (κ1) is 13.6. The van der Waals surface area contributed by atoms with Gasteiger partial charge in [-0.05, 0) is 31.2 Å². The van der Waals surface area contributed by atoms with Gasteiger partial charge in [-0.1, -0.05) is 37.6 Å². The molecule has 2 nitrogen and oxygen atoms in total. The molecule has 0 fully saturated rings. The smallest absolute Gasteiger partial charge is 0.238 e. The molecule has 2 aromatic heterocycles. The molecule has 0 unspecified atom stereocenters. The van der Waals surface area contributed by atoms with Gasteiger partial charge in [-0.2, -0.15) is 4.57 Å². The van der Waals surface area contributed by atoms with E-state index in [2.05, 4.69) is 72.1 Å². The predicted molar refractivity (Wildman–Crippen MR) is 90.6 cm³/mol. The van der Waals surface area contributed by atoms with Gasteiger partial charge in [0.05, 0.1) is 10.9 Å². The van der Waals surface area contributed by atoms with Gasteiger partial charge in [0, 0.05) is 11.5 Å². The van der Waals surface area contributed by atoms with E-state index in [-0.39, 0.29) is 0 Å². The number of hydrogen-bond acceptors (Lipinski definition) is 0. The van der Waals surface area contributed by atoms with E-state index in [0.717, 1.165) is 0 Å². The summed E-state index contributed by atoms with van der Waals surface area (Å²) in [5, 5.41) is 2.56. The van der Waals surface area contributed by atoms with Gasteiger partial charge in [0.25, 0.3) is 0 Å². The van der Waals surface area contributed by atoms with Crippen molar-refractivity contribution in [3.63, 3.8) is 0 Å². The number of nitrogens with one attached hydrogen (secondary N) is 1. The third kappa shape index (κ3) is 2.07. The number of fused-ring (bicyclic) bond motifs is 4. The van der Waals surface area contributed by atoms with E-state index in [1.54, 1.807) is 0 Å². The van der Waals surface area contributed by atoms with E-state index in [1.807, 2.05) is 13.8 Å². The van der Waals surface area contributed by atoms with Crippen LogP contribution in [-0.4, -0.2) is 4.98 Å². The average molecular weight is 277 g/mol. The average Bonchev–Trinajstić information content (AvgIpc) is 2.87. The van der Waals surface area contributed by atoms with Crippen LogP contribution in [0.2, 0.25) is 0 Å². The van der Waals surface area contributed by atoms with Crippen LogP contribution in [0.4, 0.5) is 0 Å². The summed E-state index contributed by atoms with van der Waals surface area (Å²) in [6.45, 7) is 6.13.